The molecule has 78 valence electrons. The number of hydrogen-bond donors (Lipinski definition) is 2. The lowest BCUT2D eigenvalue weighted by molar-refractivity contribution is 0.0527. The summed E-state index contributed by atoms with van der Waals surface area (Å²) in [5, 5.41) is 12.3. The molecule has 2 nitrogen and oxygen atoms in total. The monoisotopic (exact) mass is 193 g/mol. The first-order chi connectivity index (χ1) is 6.11. The molecule has 3 atom stereocenters. The van der Waals surface area contributed by atoms with Gasteiger partial charge in [0.1, 0.15) is 0 Å². The first-order valence-electron chi connectivity index (χ1n) is 4.83. The molecule has 2 N–H and O–H groups in total. The summed E-state index contributed by atoms with van der Waals surface area (Å²) in [7, 11) is 0. The summed E-state index contributed by atoms with van der Waals surface area (Å²) < 4.78 is 24.3. The zero-order valence-corrected chi connectivity index (χ0v) is 7.84. The highest BCUT2D eigenvalue weighted by molar-refractivity contribution is 4.82. The van der Waals surface area contributed by atoms with Crippen molar-refractivity contribution in [1.82, 2.24) is 5.32 Å². The van der Waals surface area contributed by atoms with Crippen LogP contribution in [0.3, 0.4) is 0 Å². The first kappa shape index (κ1) is 10.9. The van der Waals surface area contributed by atoms with E-state index < -0.39 is 18.6 Å². The van der Waals surface area contributed by atoms with Crippen molar-refractivity contribution >= 4 is 0 Å². The molecule has 0 bridgehead atoms. The van der Waals surface area contributed by atoms with Crippen molar-refractivity contribution in [3.8, 4) is 0 Å². The van der Waals surface area contributed by atoms with E-state index in [0.29, 0.717) is 0 Å². The lowest BCUT2D eigenvalue weighted by atomic mass is 9.92. The van der Waals surface area contributed by atoms with Gasteiger partial charge < -0.3 is 10.4 Å². The fourth-order valence-corrected chi connectivity index (χ4v) is 1.72. The minimum Gasteiger partial charge on any atom is -0.392 e. The molecular weight excluding hydrogens is 176 g/mol. The molecule has 1 rings (SSSR count). The van der Waals surface area contributed by atoms with Gasteiger partial charge in [-0.1, -0.05) is 12.8 Å². The van der Waals surface area contributed by atoms with Crippen LogP contribution in [0.2, 0.25) is 0 Å². The van der Waals surface area contributed by atoms with E-state index >= 15 is 0 Å². The van der Waals surface area contributed by atoms with E-state index in [1.54, 1.807) is 0 Å². The molecule has 1 fully saturated rings. The molecule has 0 aromatic carbocycles. The van der Waals surface area contributed by atoms with E-state index in [4.69, 9.17) is 0 Å². The molecular formula is C9H17F2NO. The Bertz CT molecular complexity index is 155. The second-order valence-electron chi connectivity index (χ2n) is 3.75. The number of aliphatic hydroxyl groups is 1. The molecule has 0 saturated heterocycles. The minimum atomic E-state index is -2.35. The van der Waals surface area contributed by atoms with E-state index in [1.165, 1.54) is 6.92 Å². The van der Waals surface area contributed by atoms with Crippen molar-refractivity contribution in [1.29, 1.82) is 0 Å². The highest BCUT2D eigenvalue weighted by Gasteiger charge is 2.26. The minimum absolute atomic E-state index is 0.141. The number of aliphatic hydroxyl groups excluding tert-OH is 1. The van der Waals surface area contributed by atoms with E-state index in [2.05, 4.69) is 5.32 Å². The number of nitrogens with one attached hydrogen (secondary N) is 1. The molecule has 1 aliphatic rings. The molecule has 0 aliphatic heterocycles. The zero-order valence-electron chi connectivity index (χ0n) is 7.84. The molecule has 0 spiro atoms. The Labute approximate surface area is 77.3 Å². The van der Waals surface area contributed by atoms with Gasteiger partial charge in [-0.2, -0.15) is 0 Å². The van der Waals surface area contributed by atoms with Crippen LogP contribution < -0.4 is 5.32 Å². The third-order valence-electron chi connectivity index (χ3n) is 2.58. The highest BCUT2D eigenvalue weighted by atomic mass is 19.3. The predicted molar refractivity (Wildman–Crippen MR) is 46.9 cm³/mol. The van der Waals surface area contributed by atoms with Crippen molar-refractivity contribution in [2.24, 2.45) is 0 Å². The summed E-state index contributed by atoms with van der Waals surface area (Å²) in [5.74, 6) is 0. The summed E-state index contributed by atoms with van der Waals surface area (Å²) >= 11 is 0. The Hall–Kier alpha value is -0.220. The smallest absolute Gasteiger partial charge is 0.253 e. The lowest BCUT2D eigenvalue weighted by Crippen LogP contribution is -2.48. The van der Waals surface area contributed by atoms with Gasteiger partial charge in [0.25, 0.3) is 6.43 Å². The maximum atomic E-state index is 12.2. The van der Waals surface area contributed by atoms with Crippen LogP contribution in [0.25, 0.3) is 0 Å². The van der Waals surface area contributed by atoms with E-state index in [-0.39, 0.29) is 6.04 Å². The van der Waals surface area contributed by atoms with Crippen LogP contribution in [0.4, 0.5) is 8.78 Å². The lowest BCUT2D eigenvalue weighted by Gasteiger charge is -2.30. The van der Waals surface area contributed by atoms with Crippen molar-refractivity contribution < 1.29 is 13.9 Å². The molecule has 13 heavy (non-hydrogen) atoms. The van der Waals surface area contributed by atoms with Gasteiger partial charge in [0.15, 0.2) is 0 Å². The normalized spacial score (nSPS) is 32.1. The molecule has 1 saturated carbocycles. The molecule has 4 heteroatoms. The van der Waals surface area contributed by atoms with E-state index in [1.807, 2.05) is 0 Å². The van der Waals surface area contributed by atoms with Crippen LogP contribution in [0, 0.1) is 0 Å². The Kier molecular flexibility index (Phi) is 4.06. The van der Waals surface area contributed by atoms with Gasteiger partial charge in [0.05, 0.1) is 12.1 Å². The number of rotatable bonds is 3. The molecule has 3 unspecified atom stereocenters. The SMILES string of the molecule is CC(NC1CCCCC1O)C(F)F. The standard InChI is InChI=1S/C9H17F2NO/c1-6(9(10)11)12-7-4-2-3-5-8(7)13/h6-9,12-13H,2-5H2,1H3. The quantitative estimate of drug-likeness (QED) is 0.712. The summed E-state index contributed by atoms with van der Waals surface area (Å²) in [6.45, 7) is 1.45. The second-order valence-corrected chi connectivity index (χ2v) is 3.75. The number of halogens is 2. The fraction of sp³-hybridized carbons (Fsp3) is 1.00. The summed E-state index contributed by atoms with van der Waals surface area (Å²) in [6, 6.07) is -0.963. The Morgan fingerprint density at radius 1 is 1.31 bits per heavy atom. The number of alkyl halides is 2. The first-order valence-corrected chi connectivity index (χ1v) is 4.83. The average Bonchev–Trinajstić information content (AvgIpc) is 2.08. The zero-order chi connectivity index (χ0) is 9.84. The maximum absolute atomic E-state index is 12.2. The van der Waals surface area contributed by atoms with Crippen LogP contribution in [-0.2, 0) is 0 Å². The Balaban J connectivity index is 2.33. The average molecular weight is 193 g/mol. The Morgan fingerprint density at radius 2 is 1.92 bits per heavy atom. The van der Waals surface area contributed by atoms with Crippen molar-refractivity contribution in [2.75, 3.05) is 0 Å². The second kappa shape index (κ2) is 4.86. The largest absolute Gasteiger partial charge is 0.392 e. The van der Waals surface area contributed by atoms with Crippen LogP contribution in [-0.4, -0.2) is 29.7 Å². The molecule has 0 radical (unpaired) electrons. The summed E-state index contributed by atoms with van der Waals surface area (Å²) in [6.07, 6.45) is 0.753. The van der Waals surface area contributed by atoms with Crippen LogP contribution in [0.15, 0.2) is 0 Å². The van der Waals surface area contributed by atoms with Gasteiger partial charge in [-0.05, 0) is 19.8 Å². The van der Waals surface area contributed by atoms with Crippen LogP contribution in [0.1, 0.15) is 32.6 Å². The molecule has 0 amide bonds. The van der Waals surface area contributed by atoms with E-state index in [0.717, 1.165) is 25.7 Å². The highest BCUT2D eigenvalue weighted by Crippen LogP contribution is 2.19. The third kappa shape index (κ3) is 3.19. The van der Waals surface area contributed by atoms with Gasteiger partial charge in [0.2, 0.25) is 0 Å². The fourth-order valence-electron chi connectivity index (χ4n) is 1.72. The topological polar surface area (TPSA) is 32.3 Å². The van der Waals surface area contributed by atoms with Crippen molar-refractivity contribution in [3.05, 3.63) is 0 Å². The van der Waals surface area contributed by atoms with Gasteiger partial charge in [-0.3, -0.25) is 0 Å². The molecule has 0 aromatic heterocycles. The van der Waals surface area contributed by atoms with Gasteiger partial charge in [-0.15, -0.1) is 0 Å². The predicted octanol–water partition coefficient (Wildman–Crippen LogP) is 1.53. The summed E-state index contributed by atoms with van der Waals surface area (Å²) in [4.78, 5) is 0. The van der Waals surface area contributed by atoms with Crippen LogP contribution in [0.5, 0.6) is 0 Å². The van der Waals surface area contributed by atoms with Crippen molar-refractivity contribution in [2.45, 2.75) is 57.2 Å². The third-order valence-corrected chi connectivity index (χ3v) is 2.58. The number of hydrogen-bond acceptors (Lipinski definition) is 2. The van der Waals surface area contributed by atoms with Gasteiger partial charge >= 0.3 is 0 Å². The van der Waals surface area contributed by atoms with Crippen molar-refractivity contribution in [3.63, 3.8) is 0 Å². The molecule has 1 aliphatic carbocycles. The molecule has 0 aromatic rings. The summed E-state index contributed by atoms with van der Waals surface area (Å²) in [5.41, 5.74) is 0. The van der Waals surface area contributed by atoms with E-state index in [9.17, 15) is 13.9 Å². The van der Waals surface area contributed by atoms with Gasteiger partial charge in [0, 0.05) is 6.04 Å². The van der Waals surface area contributed by atoms with Gasteiger partial charge in [-0.25, -0.2) is 8.78 Å². The van der Waals surface area contributed by atoms with Crippen LogP contribution >= 0.6 is 0 Å². The molecule has 0 heterocycles. The maximum Gasteiger partial charge on any atom is 0.253 e. The Morgan fingerprint density at radius 3 is 2.46 bits per heavy atom.